The van der Waals surface area contributed by atoms with E-state index in [0.29, 0.717) is 11.6 Å². The summed E-state index contributed by atoms with van der Waals surface area (Å²) in [5.41, 5.74) is 0.734. The topological polar surface area (TPSA) is 22.0 Å². The lowest BCUT2D eigenvalue weighted by Crippen LogP contribution is -2.06. The van der Waals surface area contributed by atoms with Gasteiger partial charge in [-0.15, -0.1) is 0 Å². The van der Waals surface area contributed by atoms with Gasteiger partial charge in [-0.2, -0.15) is 0 Å². The standard InChI is InChI=1S/C11H14ClNO/c1-8(2)11(14)10-4-5-13(7-10)6-9(3)12/h4-5,7-8H,3,6H2,1-2H3. The molecule has 76 valence electrons. The smallest absolute Gasteiger partial charge is 0.166 e. The van der Waals surface area contributed by atoms with Crippen LogP contribution in [0.25, 0.3) is 0 Å². The second-order valence-corrected chi connectivity index (χ2v) is 4.14. The molecule has 0 aliphatic carbocycles. The van der Waals surface area contributed by atoms with Crippen molar-refractivity contribution in [1.29, 1.82) is 0 Å². The van der Waals surface area contributed by atoms with Gasteiger partial charge in [0.05, 0.1) is 6.54 Å². The second kappa shape index (κ2) is 4.47. The van der Waals surface area contributed by atoms with Gasteiger partial charge in [0.1, 0.15) is 0 Å². The predicted molar refractivity (Wildman–Crippen MR) is 58.6 cm³/mol. The second-order valence-electron chi connectivity index (χ2n) is 3.61. The third-order valence-electron chi connectivity index (χ3n) is 1.91. The summed E-state index contributed by atoms with van der Waals surface area (Å²) in [6, 6.07) is 1.81. The minimum absolute atomic E-state index is 0.0325. The molecule has 0 bridgehead atoms. The molecular weight excluding hydrogens is 198 g/mol. The minimum Gasteiger partial charge on any atom is -0.348 e. The van der Waals surface area contributed by atoms with Gasteiger partial charge in [0.25, 0.3) is 0 Å². The first-order chi connectivity index (χ1) is 6.50. The SMILES string of the molecule is C=C(Cl)Cn1ccc(C(=O)C(C)C)c1. The van der Waals surface area contributed by atoms with E-state index in [2.05, 4.69) is 6.58 Å². The number of rotatable bonds is 4. The van der Waals surface area contributed by atoms with Gasteiger partial charge in [-0.25, -0.2) is 0 Å². The maximum atomic E-state index is 11.6. The largest absolute Gasteiger partial charge is 0.348 e. The van der Waals surface area contributed by atoms with Crippen molar-refractivity contribution in [3.8, 4) is 0 Å². The number of nitrogens with zero attached hydrogens (tertiary/aromatic N) is 1. The molecule has 0 aliphatic heterocycles. The number of hydrogen-bond acceptors (Lipinski definition) is 1. The zero-order chi connectivity index (χ0) is 10.7. The van der Waals surface area contributed by atoms with E-state index >= 15 is 0 Å². The van der Waals surface area contributed by atoms with Crippen molar-refractivity contribution in [2.75, 3.05) is 0 Å². The molecule has 0 N–H and O–H groups in total. The normalized spacial score (nSPS) is 10.6. The number of aromatic nitrogens is 1. The van der Waals surface area contributed by atoms with Gasteiger partial charge in [-0.05, 0) is 6.07 Å². The van der Waals surface area contributed by atoms with Crippen molar-refractivity contribution < 1.29 is 4.79 Å². The fourth-order valence-corrected chi connectivity index (χ4v) is 1.35. The number of ketones is 1. The molecule has 3 heteroatoms. The van der Waals surface area contributed by atoms with Crippen LogP contribution >= 0.6 is 11.6 Å². The molecule has 0 saturated heterocycles. The Bertz CT molecular complexity index is 352. The van der Waals surface area contributed by atoms with E-state index < -0.39 is 0 Å². The monoisotopic (exact) mass is 211 g/mol. The van der Waals surface area contributed by atoms with Crippen molar-refractivity contribution in [3.05, 3.63) is 35.6 Å². The molecule has 0 aromatic carbocycles. The van der Waals surface area contributed by atoms with E-state index in [4.69, 9.17) is 11.6 Å². The highest BCUT2D eigenvalue weighted by atomic mass is 35.5. The first-order valence-electron chi connectivity index (χ1n) is 4.54. The maximum Gasteiger partial charge on any atom is 0.166 e. The third kappa shape index (κ3) is 2.74. The van der Waals surface area contributed by atoms with Gasteiger partial charge >= 0.3 is 0 Å². The number of Topliss-reactive ketones (excluding diaryl/α,β-unsaturated/α-hetero) is 1. The average molecular weight is 212 g/mol. The van der Waals surface area contributed by atoms with E-state index in [1.54, 1.807) is 6.20 Å². The van der Waals surface area contributed by atoms with E-state index in [1.165, 1.54) is 0 Å². The first-order valence-corrected chi connectivity index (χ1v) is 4.91. The van der Waals surface area contributed by atoms with Crippen LogP contribution in [0.2, 0.25) is 0 Å². The Kier molecular flexibility index (Phi) is 3.53. The maximum absolute atomic E-state index is 11.6. The summed E-state index contributed by atoms with van der Waals surface area (Å²) in [6.07, 6.45) is 3.64. The van der Waals surface area contributed by atoms with E-state index in [0.717, 1.165) is 5.56 Å². The summed E-state index contributed by atoms with van der Waals surface area (Å²) >= 11 is 5.66. The summed E-state index contributed by atoms with van der Waals surface area (Å²) in [5.74, 6) is 0.189. The van der Waals surface area contributed by atoms with Crippen molar-refractivity contribution in [2.24, 2.45) is 5.92 Å². The van der Waals surface area contributed by atoms with Crippen molar-refractivity contribution in [3.63, 3.8) is 0 Å². The van der Waals surface area contributed by atoms with E-state index in [-0.39, 0.29) is 11.7 Å². The van der Waals surface area contributed by atoms with Crippen LogP contribution in [0.4, 0.5) is 0 Å². The molecule has 14 heavy (non-hydrogen) atoms. The van der Waals surface area contributed by atoms with Crippen LogP contribution in [0, 0.1) is 5.92 Å². The van der Waals surface area contributed by atoms with Crippen LogP contribution in [0.5, 0.6) is 0 Å². The Morgan fingerprint density at radius 2 is 2.29 bits per heavy atom. The number of halogens is 1. The van der Waals surface area contributed by atoms with Gasteiger partial charge in [-0.3, -0.25) is 4.79 Å². The van der Waals surface area contributed by atoms with Crippen molar-refractivity contribution >= 4 is 17.4 Å². The van der Waals surface area contributed by atoms with Crippen LogP contribution in [0.1, 0.15) is 24.2 Å². The van der Waals surface area contributed by atoms with E-state index in [9.17, 15) is 4.79 Å². The molecule has 0 atom stereocenters. The quantitative estimate of drug-likeness (QED) is 0.702. The minimum atomic E-state index is 0.0325. The molecule has 0 amide bonds. The highest BCUT2D eigenvalue weighted by Gasteiger charge is 2.11. The fourth-order valence-electron chi connectivity index (χ4n) is 1.22. The molecule has 1 rings (SSSR count). The molecule has 0 unspecified atom stereocenters. The van der Waals surface area contributed by atoms with Gasteiger partial charge in [0.15, 0.2) is 5.78 Å². The van der Waals surface area contributed by atoms with Crippen LogP contribution in [0.3, 0.4) is 0 Å². The predicted octanol–water partition coefficient (Wildman–Crippen LogP) is 3.08. The van der Waals surface area contributed by atoms with Crippen molar-refractivity contribution in [2.45, 2.75) is 20.4 Å². The lowest BCUT2D eigenvalue weighted by atomic mass is 10.0. The Hall–Kier alpha value is -1.02. The van der Waals surface area contributed by atoms with Crippen LogP contribution in [-0.2, 0) is 6.54 Å². The molecule has 2 nitrogen and oxygen atoms in total. The Balaban J connectivity index is 2.77. The molecule has 0 spiro atoms. The van der Waals surface area contributed by atoms with Gasteiger partial charge in [0.2, 0.25) is 0 Å². The zero-order valence-corrected chi connectivity index (χ0v) is 9.21. The zero-order valence-electron chi connectivity index (χ0n) is 8.46. The number of allylic oxidation sites excluding steroid dienone is 1. The fraction of sp³-hybridized carbons (Fsp3) is 0.364. The first kappa shape index (κ1) is 11.1. The van der Waals surface area contributed by atoms with Crippen LogP contribution in [0.15, 0.2) is 30.1 Å². The van der Waals surface area contributed by atoms with Crippen LogP contribution in [-0.4, -0.2) is 10.4 Å². The third-order valence-corrected chi connectivity index (χ3v) is 2.03. The van der Waals surface area contributed by atoms with E-state index in [1.807, 2.05) is 30.7 Å². The highest BCUT2D eigenvalue weighted by Crippen LogP contribution is 2.10. The average Bonchev–Trinajstić information content (AvgIpc) is 2.50. The number of carbonyl (C=O) groups is 1. The van der Waals surface area contributed by atoms with Crippen LogP contribution < -0.4 is 0 Å². The molecule has 1 aromatic rings. The summed E-state index contributed by atoms with van der Waals surface area (Å²) in [6.45, 7) is 7.93. The lowest BCUT2D eigenvalue weighted by Gasteiger charge is -2.01. The lowest BCUT2D eigenvalue weighted by molar-refractivity contribution is 0.0939. The summed E-state index contributed by atoms with van der Waals surface area (Å²) < 4.78 is 1.85. The molecule has 0 radical (unpaired) electrons. The molecule has 1 heterocycles. The highest BCUT2D eigenvalue weighted by molar-refractivity contribution is 6.29. The molecular formula is C11H14ClNO. The van der Waals surface area contributed by atoms with Crippen molar-refractivity contribution in [1.82, 2.24) is 4.57 Å². The number of carbonyl (C=O) groups excluding carboxylic acids is 1. The molecule has 1 aromatic heterocycles. The van der Waals surface area contributed by atoms with Gasteiger partial charge in [-0.1, -0.05) is 32.0 Å². The Morgan fingerprint density at radius 1 is 1.64 bits per heavy atom. The molecule has 0 saturated carbocycles. The Morgan fingerprint density at radius 3 is 2.79 bits per heavy atom. The molecule has 0 fully saturated rings. The molecule has 0 aliphatic rings. The summed E-state index contributed by atoms with van der Waals surface area (Å²) in [5, 5.41) is 0.559. The summed E-state index contributed by atoms with van der Waals surface area (Å²) in [7, 11) is 0. The van der Waals surface area contributed by atoms with Gasteiger partial charge < -0.3 is 4.57 Å². The Labute approximate surface area is 89.2 Å². The number of hydrogen-bond donors (Lipinski definition) is 0. The van der Waals surface area contributed by atoms with Gasteiger partial charge in [0, 0.05) is 28.9 Å². The summed E-state index contributed by atoms with van der Waals surface area (Å²) in [4.78, 5) is 11.6.